The Kier molecular flexibility index (Phi) is 37.8. The van der Waals surface area contributed by atoms with Crippen molar-refractivity contribution in [3.8, 4) is 11.4 Å². The first-order chi connectivity index (χ1) is 54.3. The second kappa shape index (κ2) is 47.7. The van der Waals surface area contributed by atoms with Crippen molar-refractivity contribution in [1.29, 1.82) is 0 Å². The average Bonchev–Trinajstić information content (AvgIpc) is 1.49. The third-order valence-electron chi connectivity index (χ3n) is 17.8. The maximum absolute atomic E-state index is 14.4. The number of fused-ring (bicyclic) bond motifs is 5. The largest absolute Gasteiger partial charge is 0.510 e. The smallest absolute Gasteiger partial charge is 0.457 e. The molecule has 4 amide bonds. The first-order valence-corrected chi connectivity index (χ1v) is 40.6. The highest BCUT2D eigenvalue weighted by molar-refractivity contribution is 7.98. The van der Waals surface area contributed by atoms with E-state index >= 15 is 0 Å². The normalized spacial score (nSPS) is 14.1. The fraction of sp³-hybridized carbons (Fsp3) is 0.553. The van der Waals surface area contributed by atoms with Gasteiger partial charge < -0.3 is 88.4 Å². The van der Waals surface area contributed by atoms with Crippen molar-refractivity contribution in [2.45, 2.75) is 128 Å². The molecule has 0 saturated carbocycles. The zero-order chi connectivity index (χ0) is 79.9. The number of nitrogens with two attached hydrogens (primary N) is 1. The number of benzene rings is 2. The fourth-order valence-electron chi connectivity index (χ4n) is 12.1. The van der Waals surface area contributed by atoms with Crippen LogP contribution in [0.4, 0.5) is 10.5 Å². The lowest BCUT2D eigenvalue weighted by Crippen LogP contribution is -2.47. The highest BCUT2D eigenvalue weighted by Gasteiger charge is 2.51. The van der Waals surface area contributed by atoms with E-state index in [1.165, 1.54) is 22.3 Å². The lowest BCUT2D eigenvalue weighted by Gasteiger charge is -2.35. The SMILES string of the molecule is CC[C@@]1(OC(=O)OCc2ccc(NC(=O)[C@H](CCCCN)NC(=O)COCC(=O)NCCOCCOCCOCCOCCOCCOCCOCCOCCn3cc(CNC(=O)CCC/C=C\c4cnc(SC)nc4)nn3)cc2)C(=O)OCc2c1cc1n(c2=O)Cc2c-1nc1ccccc1c2CCN(C(C)C)S(C)(=O)=O. The summed E-state index contributed by atoms with van der Waals surface area (Å²) in [5, 5.41) is 20.8. The van der Waals surface area contributed by atoms with Gasteiger partial charge in [0.15, 0.2) is 5.16 Å². The summed E-state index contributed by atoms with van der Waals surface area (Å²) >= 11 is 1.49. The number of carbonyl (C=O) groups excluding carboxylic acids is 6. The van der Waals surface area contributed by atoms with E-state index in [-0.39, 0.29) is 75.4 Å². The lowest BCUT2D eigenvalue weighted by atomic mass is 9.85. The number of cyclic esters (lactones) is 1. The van der Waals surface area contributed by atoms with Crippen molar-refractivity contribution < 1.29 is 94.0 Å². The van der Waals surface area contributed by atoms with E-state index in [0.717, 1.165) is 40.1 Å². The number of anilines is 1. The van der Waals surface area contributed by atoms with Gasteiger partial charge in [-0.15, -0.1) is 5.10 Å². The van der Waals surface area contributed by atoms with Gasteiger partial charge in [0.05, 0.1) is 160 Å². The maximum atomic E-state index is 14.4. The second-order valence-corrected chi connectivity index (χ2v) is 29.0. The Bertz CT molecular complexity index is 4190. The van der Waals surface area contributed by atoms with E-state index in [2.05, 4.69) is 41.5 Å². The van der Waals surface area contributed by atoms with Crippen LogP contribution in [0.1, 0.15) is 105 Å². The fourth-order valence-corrected chi connectivity index (χ4v) is 13.6. The van der Waals surface area contributed by atoms with Crippen molar-refractivity contribution in [1.82, 2.24) is 54.8 Å². The van der Waals surface area contributed by atoms with E-state index in [1.807, 2.05) is 56.5 Å². The Morgan fingerprint density at radius 1 is 0.768 bits per heavy atom. The molecule has 112 heavy (non-hydrogen) atoms. The molecule has 0 aliphatic carbocycles. The molecule has 6 heterocycles. The Hall–Kier alpha value is -8.76. The van der Waals surface area contributed by atoms with Crippen LogP contribution in [0.25, 0.3) is 28.4 Å². The highest BCUT2D eigenvalue weighted by atomic mass is 32.2. The van der Waals surface area contributed by atoms with Gasteiger partial charge in [-0.2, -0.15) is 4.31 Å². The van der Waals surface area contributed by atoms with Gasteiger partial charge in [-0.05, 0) is 107 Å². The summed E-state index contributed by atoms with van der Waals surface area (Å²) in [7, 11) is -3.54. The predicted octanol–water partition coefficient (Wildman–Crippen LogP) is 4.77. The number of nitrogens with one attached hydrogen (secondary N) is 4. The molecule has 4 aromatic heterocycles. The van der Waals surface area contributed by atoms with Crippen LogP contribution in [-0.2, 0) is 136 Å². The number of unbranched alkanes of at least 4 members (excludes halogenated alkanes) is 2. The van der Waals surface area contributed by atoms with Gasteiger partial charge in [0.2, 0.25) is 39.3 Å². The number of allylic oxidation sites excluding steroid dienone is 1. The molecule has 8 rings (SSSR count). The molecule has 6 aromatic rings. The third kappa shape index (κ3) is 28.7. The monoisotopic (exact) mass is 1600 g/mol. The molecule has 0 bridgehead atoms. The lowest BCUT2D eigenvalue weighted by molar-refractivity contribution is -0.175. The van der Waals surface area contributed by atoms with Crippen LogP contribution in [0.2, 0.25) is 0 Å². The molecule has 0 radical (unpaired) electrons. The summed E-state index contributed by atoms with van der Waals surface area (Å²) in [6.07, 6.45) is 14.7. The molecule has 612 valence electrons. The van der Waals surface area contributed by atoms with Gasteiger partial charge in [-0.1, -0.05) is 66.4 Å². The summed E-state index contributed by atoms with van der Waals surface area (Å²) in [6.45, 7) is 11.5. The van der Waals surface area contributed by atoms with Crippen LogP contribution >= 0.6 is 11.8 Å². The average molecular weight is 1600 g/mol. The molecular weight excluding hydrogens is 1500 g/mol. The zero-order valence-electron chi connectivity index (χ0n) is 64.3. The van der Waals surface area contributed by atoms with Gasteiger partial charge >= 0.3 is 12.1 Å². The van der Waals surface area contributed by atoms with Crippen molar-refractivity contribution in [2.24, 2.45) is 5.73 Å². The molecule has 2 aliphatic heterocycles. The van der Waals surface area contributed by atoms with Crippen LogP contribution in [0.15, 0.2) is 89.2 Å². The first-order valence-electron chi connectivity index (χ1n) is 37.5. The summed E-state index contributed by atoms with van der Waals surface area (Å²) in [5.74, 6) is -2.54. The topological polar surface area (TPSA) is 416 Å². The number of nitrogens with zero attached hydrogens (tertiary/aromatic N) is 8. The predicted molar refractivity (Wildman–Crippen MR) is 413 cm³/mol. The van der Waals surface area contributed by atoms with E-state index < -0.39 is 70.3 Å². The Balaban J connectivity index is 0.601. The number of hydrogen-bond donors (Lipinski definition) is 5. The molecule has 34 nitrogen and oxygen atoms in total. The van der Waals surface area contributed by atoms with Gasteiger partial charge in [0.1, 0.15) is 38.2 Å². The molecule has 2 aromatic carbocycles. The standard InChI is InChI=1S/C76H105N13O21S2/c1-6-76(63-44-66-70-61(49-88(66)72(94)62(63)51-108-73(76)95)59(60-15-10-11-16-64(60)84-70)23-26-89(54(2)3)112(5,97)98)110-75(96)109-50-55-19-21-57(22-20-55)82-71(93)65(17-12-13-24-77)83-69(92)53-107-52-68(91)78-25-28-99-30-32-101-34-36-103-38-40-105-42-43-106-41-39-104-37-35-102-33-31-100-29-27-87-48-58(85-86-87)47-79-67(90)18-9-7-8-14-56-45-80-74(111-4)81-46-56/h8,10-11,14-16,19-22,44-46,48,54,65H,6-7,9,12-13,17-18,23-43,47,49-53,77H2,1-5H3,(H,78,91)(H,79,90)(H,82,93)(H,83,92)/b14-8-/t65-,76-/m0/s1. The molecule has 2 atom stereocenters. The first kappa shape index (κ1) is 88.8. The quantitative estimate of drug-likeness (QED) is 0.0148. The number of thioether (sulfide) groups is 1. The third-order valence-corrected chi connectivity index (χ3v) is 19.8. The number of hydrogen-bond acceptors (Lipinski definition) is 28. The second-order valence-electron chi connectivity index (χ2n) is 26.2. The van der Waals surface area contributed by atoms with Crippen LogP contribution < -0.4 is 32.6 Å². The van der Waals surface area contributed by atoms with Crippen molar-refractivity contribution in [3.05, 3.63) is 129 Å². The zero-order valence-corrected chi connectivity index (χ0v) is 66.0. The molecule has 0 unspecified atom stereocenters. The van der Waals surface area contributed by atoms with E-state index in [0.29, 0.717) is 178 Å². The van der Waals surface area contributed by atoms with E-state index in [9.17, 15) is 42.0 Å². The van der Waals surface area contributed by atoms with Crippen LogP contribution in [0.3, 0.4) is 0 Å². The Morgan fingerprint density at radius 3 is 2.03 bits per heavy atom. The van der Waals surface area contributed by atoms with Gasteiger partial charge in [-0.25, -0.2) is 37.6 Å². The summed E-state index contributed by atoms with van der Waals surface area (Å²) in [6, 6.07) is 14.2. The minimum Gasteiger partial charge on any atom is -0.457 e. The molecule has 2 aliphatic rings. The summed E-state index contributed by atoms with van der Waals surface area (Å²) < 4.78 is 96.9. The minimum atomic E-state index is -3.54. The van der Waals surface area contributed by atoms with Gasteiger partial charge in [0, 0.05) is 65.7 Å². The number of ether oxygens (including phenoxy) is 12. The van der Waals surface area contributed by atoms with Gasteiger partial charge in [-0.3, -0.25) is 24.0 Å². The van der Waals surface area contributed by atoms with E-state index in [4.69, 9.17) is 67.6 Å². The van der Waals surface area contributed by atoms with Crippen LogP contribution in [0.5, 0.6) is 0 Å². The van der Waals surface area contributed by atoms with Crippen LogP contribution in [0, 0.1) is 0 Å². The number of esters is 1. The van der Waals surface area contributed by atoms with Crippen molar-refractivity contribution in [3.63, 3.8) is 0 Å². The number of aromatic nitrogens is 7. The van der Waals surface area contributed by atoms with Gasteiger partial charge in [0.25, 0.3) is 5.56 Å². The molecule has 6 N–H and O–H groups in total. The molecule has 0 saturated heterocycles. The number of carbonyl (C=O) groups is 6. The number of para-hydroxylation sites is 1. The number of pyridine rings is 2. The number of sulfonamides is 1. The Labute approximate surface area is 655 Å². The molecule has 0 spiro atoms. The number of amides is 4. The maximum Gasteiger partial charge on any atom is 0.510 e. The molecule has 0 fully saturated rings. The minimum absolute atomic E-state index is 0.0412. The Morgan fingerprint density at radius 2 is 1.40 bits per heavy atom. The summed E-state index contributed by atoms with van der Waals surface area (Å²) in [4.78, 5) is 107. The summed E-state index contributed by atoms with van der Waals surface area (Å²) in [5.41, 5.74) is 8.98. The molecule has 36 heteroatoms. The van der Waals surface area contributed by atoms with Crippen molar-refractivity contribution in [2.75, 3.05) is 156 Å². The van der Waals surface area contributed by atoms with E-state index in [1.54, 1.807) is 65.1 Å². The highest BCUT2D eigenvalue weighted by Crippen LogP contribution is 2.42. The van der Waals surface area contributed by atoms with Crippen LogP contribution in [-0.4, -0.2) is 246 Å². The molecular formula is C76H105N13O21S2. The van der Waals surface area contributed by atoms with Crippen molar-refractivity contribution >= 4 is 80.2 Å². The number of rotatable bonds is 55.